The molecule has 0 spiro atoms. The molecule has 0 unspecified atom stereocenters. The van der Waals surface area contributed by atoms with Crippen molar-refractivity contribution >= 4 is 57.1 Å². The summed E-state index contributed by atoms with van der Waals surface area (Å²) in [6.07, 6.45) is 1.99. The van der Waals surface area contributed by atoms with E-state index in [1.54, 1.807) is 0 Å². The molecule has 1 aliphatic rings. The Morgan fingerprint density at radius 3 is 2.96 bits per heavy atom. The summed E-state index contributed by atoms with van der Waals surface area (Å²) in [5, 5.41) is 13.2. The van der Waals surface area contributed by atoms with Crippen LogP contribution in [0.2, 0.25) is 0 Å². The van der Waals surface area contributed by atoms with E-state index in [9.17, 15) is 9.59 Å². The highest BCUT2D eigenvalue weighted by Gasteiger charge is 2.22. The van der Waals surface area contributed by atoms with Crippen LogP contribution < -0.4 is 10.2 Å². The summed E-state index contributed by atoms with van der Waals surface area (Å²) in [6, 6.07) is 9.90. The molecule has 2 amide bonds. The number of aryl methyl sites for hydroxylation is 2. The smallest absolute Gasteiger partial charge is 0.267 e. The molecular weight excluding hydrogens is 412 g/mol. The fourth-order valence-corrected chi connectivity index (χ4v) is 5.44. The third kappa shape index (κ3) is 4.26. The molecule has 0 aliphatic carbocycles. The molecule has 0 bridgehead atoms. The molecule has 2 aromatic heterocycles. The van der Waals surface area contributed by atoms with Gasteiger partial charge in [-0.25, -0.2) is 0 Å². The lowest BCUT2D eigenvalue weighted by molar-refractivity contribution is -0.116. The lowest BCUT2D eigenvalue weighted by Gasteiger charge is -2.29. The number of anilines is 2. The first kappa shape index (κ1) is 19.1. The predicted molar refractivity (Wildman–Crippen MR) is 115 cm³/mol. The van der Waals surface area contributed by atoms with Crippen LogP contribution in [0.25, 0.3) is 0 Å². The van der Waals surface area contributed by atoms with Gasteiger partial charge in [0.2, 0.25) is 11.0 Å². The summed E-state index contributed by atoms with van der Waals surface area (Å²) in [5.74, 6) is 0.167. The van der Waals surface area contributed by atoms with Crippen LogP contribution >= 0.6 is 34.4 Å². The van der Waals surface area contributed by atoms with Crippen molar-refractivity contribution in [2.24, 2.45) is 0 Å². The average Bonchev–Trinajstić information content (AvgIpc) is 3.34. The Labute approximate surface area is 175 Å². The van der Waals surface area contributed by atoms with Gasteiger partial charge < -0.3 is 4.90 Å². The molecule has 0 radical (unpaired) electrons. The second kappa shape index (κ2) is 8.42. The van der Waals surface area contributed by atoms with Crippen LogP contribution in [0.3, 0.4) is 0 Å². The molecule has 9 heteroatoms. The number of nitrogens with zero attached hydrogens (tertiary/aromatic N) is 3. The molecule has 3 heterocycles. The van der Waals surface area contributed by atoms with Gasteiger partial charge in [0.1, 0.15) is 0 Å². The number of fused-ring (bicyclic) bond motifs is 1. The summed E-state index contributed by atoms with van der Waals surface area (Å²) in [5.41, 5.74) is 3.29. The number of thiophene rings is 1. The van der Waals surface area contributed by atoms with E-state index >= 15 is 0 Å². The fourth-order valence-electron chi connectivity index (χ4n) is 3.02. The van der Waals surface area contributed by atoms with Crippen LogP contribution in [0.5, 0.6) is 0 Å². The van der Waals surface area contributed by atoms with Gasteiger partial charge in [0.25, 0.3) is 5.91 Å². The maximum Gasteiger partial charge on any atom is 0.267 e. The van der Waals surface area contributed by atoms with E-state index in [4.69, 9.17) is 0 Å². The quantitative estimate of drug-likeness (QED) is 0.484. The molecule has 1 aromatic carbocycles. The van der Waals surface area contributed by atoms with Gasteiger partial charge in [-0.1, -0.05) is 41.3 Å². The molecule has 1 aliphatic heterocycles. The van der Waals surface area contributed by atoms with Gasteiger partial charge in [-0.3, -0.25) is 14.9 Å². The number of benzene rings is 1. The number of nitrogens with one attached hydrogen (secondary N) is 1. The first-order valence-corrected chi connectivity index (χ1v) is 11.5. The highest BCUT2D eigenvalue weighted by molar-refractivity contribution is 8.01. The second-order valence-electron chi connectivity index (χ2n) is 6.38. The van der Waals surface area contributed by atoms with Gasteiger partial charge in [-0.05, 0) is 48.4 Å². The van der Waals surface area contributed by atoms with Crippen molar-refractivity contribution in [2.75, 3.05) is 22.5 Å². The average molecular weight is 431 g/mol. The van der Waals surface area contributed by atoms with Gasteiger partial charge >= 0.3 is 0 Å². The number of amides is 2. The Balaban J connectivity index is 1.35. The Hall–Kier alpha value is -2.23. The minimum Gasteiger partial charge on any atom is -0.311 e. The van der Waals surface area contributed by atoms with Crippen molar-refractivity contribution < 1.29 is 9.59 Å². The number of hydrogen-bond donors (Lipinski definition) is 1. The van der Waals surface area contributed by atoms with Gasteiger partial charge in [0.15, 0.2) is 4.34 Å². The minimum absolute atomic E-state index is 0.0620. The largest absolute Gasteiger partial charge is 0.311 e. The zero-order chi connectivity index (χ0) is 19.5. The van der Waals surface area contributed by atoms with Gasteiger partial charge in [0.05, 0.1) is 10.6 Å². The van der Waals surface area contributed by atoms with Gasteiger partial charge in [-0.15, -0.1) is 21.5 Å². The summed E-state index contributed by atoms with van der Waals surface area (Å²) in [4.78, 5) is 27.4. The summed E-state index contributed by atoms with van der Waals surface area (Å²) in [7, 11) is 0. The summed E-state index contributed by atoms with van der Waals surface area (Å²) >= 11 is 4.03. The SMILES string of the molecule is Cc1csc(C(=O)Nc2nnc(SCC(=O)N3CCCc4ccccc43)s2)c1. The summed E-state index contributed by atoms with van der Waals surface area (Å²) in [6.45, 7) is 2.69. The fraction of sp³-hybridized carbons (Fsp3) is 0.263. The number of thioether (sulfide) groups is 1. The number of carbonyl (C=O) groups excluding carboxylic acids is 2. The third-order valence-electron chi connectivity index (χ3n) is 4.31. The number of carbonyl (C=O) groups is 2. The number of para-hydroxylation sites is 1. The van der Waals surface area contributed by atoms with Crippen LogP contribution in [-0.4, -0.2) is 34.3 Å². The van der Waals surface area contributed by atoms with Crippen molar-refractivity contribution in [1.82, 2.24) is 10.2 Å². The normalized spacial score (nSPS) is 13.2. The third-order valence-corrected chi connectivity index (χ3v) is 7.32. The van der Waals surface area contributed by atoms with Crippen LogP contribution in [0.1, 0.15) is 27.2 Å². The van der Waals surface area contributed by atoms with E-state index in [1.165, 1.54) is 40.0 Å². The number of rotatable bonds is 5. The molecule has 0 saturated carbocycles. The highest BCUT2D eigenvalue weighted by atomic mass is 32.2. The molecule has 0 fully saturated rings. The van der Waals surface area contributed by atoms with E-state index in [1.807, 2.05) is 41.5 Å². The standard InChI is InChI=1S/C19H18N4O2S3/c1-12-9-15(26-10-12)17(25)20-18-21-22-19(28-18)27-11-16(24)23-8-4-6-13-5-2-3-7-14(13)23/h2-3,5,7,9-10H,4,6,8,11H2,1H3,(H,20,21,25). The van der Waals surface area contributed by atoms with E-state index in [0.717, 1.165) is 30.6 Å². The molecule has 4 rings (SSSR count). The highest BCUT2D eigenvalue weighted by Crippen LogP contribution is 2.30. The zero-order valence-electron chi connectivity index (χ0n) is 15.2. The topological polar surface area (TPSA) is 75.2 Å². The Kier molecular flexibility index (Phi) is 5.74. The number of hydrogen-bond acceptors (Lipinski definition) is 7. The second-order valence-corrected chi connectivity index (χ2v) is 9.49. The van der Waals surface area contributed by atoms with E-state index < -0.39 is 0 Å². The van der Waals surface area contributed by atoms with E-state index in [0.29, 0.717) is 20.1 Å². The summed E-state index contributed by atoms with van der Waals surface area (Å²) < 4.78 is 0.663. The molecule has 144 valence electrons. The van der Waals surface area contributed by atoms with E-state index in [2.05, 4.69) is 21.6 Å². The molecule has 6 nitrogen and oxygen atoms in total. The molecule has 1 N–H and O–H groups in total. The van der Waals surface area contributed by atoms with Crippen molar-refractivity contribution in [1.29, 1.82) is 0 Å². The van der Waals surface area contributed by atoms with Crippen LogP contribution in [0.4, 0.5) is 10.8 Å². The lowest BCUT2D eigenvalue weighted by Crippen LogP contribution is -2.36. The molecule has 28 heavy (non-hydrogen) atoms. The first-order valence-electron chi connectivity index (χ1n) is 8.81. The number of aromatic nitrogens is 2. The van der Waals surface area contributed by atoms with Crippen LogP contribution in [-0.2, 0) is 11.2 Å². The van der Waals surface area contributed by atoms with Crippen LogP contribution in [0.15, 0.2) is 40.1 Å². The first-order chi connectivity index (χ1) is 13.6. The van der Waals surface area contributed by atoms with Crippen molar-refractivity contribution in [3.8, 4) is 0 Å². The maximum absolute atomic E-state index is 12.7. The van der Waals surface area contributed by atoms with Crippen molar-refractivity contribution in [3.05, 3.63) is 51.7 Å². The Bertz CT molecular complexity index is 1010. The van der Waals surface area contributed by atoms with Crippen LogP contribution in [0, 0.1) is 6.92 Å². The van der Waals surface area contributed by atoms with Gasteiger partial charge in [-0.2, -0.15) is 0 Å². The maximum atomic E-state index is 12.7. The molecule has 0 atom stereocenters. The predicted octanol–water partition coefficient (Wildman–Crippen LogP) is 4.23. The van der Waals surface area contributed by atoms with E-state index in [-0.39, 0.29) is 11.8 Å². The monoisotopic (exact) mass is 430 g/mol. The molecule has 3 aromatic rings. The molecule has 0 saturated heterocycles. The Morgan fingerprint density at radius 2 is 2.14 bits per heavy atom. The van der Waals surface area contributed by atoms with Gasteiger partial charge in [0, 0.05) is 12.2 Å². The Morgan fingerprint density at radius 1 is 1.29 bits per heavy atom. The van der Waals surface area contributed by atoms with Crippen molar-refractivity contribution in [2.45, 2.75) is 24.1 Å². The lowest BCUT2D eigenvalue weighted by atomic mass is 10.0. The van der Waals surface area contributed by atoms with Crippen molar-refractivity contribution in [3.63, 3.8) is 0 Å². The molecular formula is C19H18N4O2S3. The minimum atomic E-state index is -0.188. The zero-order valence-corrected chi connectivity index (χ0v) is 17.6.